The summed E-state index contributed by atoms with van der Waals surface area (Å²) in [5, 5.41) is 0. The van der Waals surface area contributed by atoms with Crippen molar-refractivity contribution in [2.75, 3.05) is 32.1 Å². The molecule has 2 aliphatic rings. The molecule has 1 aliphatic heterocycles. The molecule has 0 saturated carbocycles. The first-order chi connectivity index (χ1) is 17.3. The standard InChI is InChI=1S/C29H41N5O2/c1-6-7-8-9-28(35)33(5)26-13-12-22-10-11-23(19-25(22)26)29(36)32(4)24-14-16-34(17-15-24)27-18-20(2)30-21(3)31-27/h10-11,18-19,24,26H,6-9,12-17H2,1-5H3/t26-/m1/s1. The number of rotatable bonds is 8. The van der Waals surface area contributed by atoms with Crippen LogP contribution in [0.2, 0.25) is 0 Å². The Morgan fingerprint density at radius 2 is 1.75 bits per heavy atom. The van der Waals surface area contributed by atoms with Gasteiger partial charge < -0.3 is 14.7 Å². The molecule has 1 aromatic carbocycles. The first-order valence-electron chi connectivity index (χ1n) is 13.5. The molecule has 1 saturated heterocycles. The van der Waals surface area contributed by atoms with Gasteiger partial charge in [0, 0.05) is 57.0 Å². The number of nitrogens with zero attached hydrogens (tertiary/aromatic N) is 5. The van der Waals surface area contributed by atoms with E-state index in [9.17, 15) is 9.59 Å². The van der Waals surface area contributed by atoms with Gasteiger partial charge in [0.15, 0.2) is 0 Å². The van der Waals surface area contributed by atoms with Gasteiger partial charge in [-0.05, 0) is 69.2 Å². The van der Waals surface area contributed by atoms with Crippen LogP contribution < -0.4 is 4.90 Å². The van der Waals surface area contributed by atoms with Crippen molar-refractivity contribution in [3.8, 4) is 0 Å². The van der Waals surface area contributed by atoms with Crippen LogP contribution in [0.15, 0.2) is 24.3 Å². The number of carbonyl (C=O) groups is 2. The summed E-state index contributed by atoms with van der Waals surface area (Å²) in [7, 11) is 3.85. The Balaban J connectivity index is 1.40. The summed E-state index contributed by atoms with van der Waals surface area (Å²) in [4.78, 5) is 41.3. The molecule has 194 valence electrons. The van der Waals surface area contributed by atoms with E-state index in [2.05, 4.69) is 27.9 Å². The lowest BCUT2D eigenvalue weighted by molar-refractivity contribution is -0.132. The highest BCUT2D eigenvalue weighted by atomic mass is 16.2. The molecule has 0 spiro atoms. The molecule has 7 heteroatoms. The summed E-state index contributed by atoms with van der Waals surface area (Å²) in [6, 6.07) is 8.40. The average molecular weight is 492 g/mol. The fraction of sp³-hybridized carbons (Fsp3) is 0.586. The van der Waals surface area contributed by atoms with Gasteiger partial charge in [0.2, 0.25) is 5.91 Å². The second-order valence-electron chi connectivity index (χ2n) is 10.5. The van der Waals surface area contributed by atoms with Crippen molar-refractivity contribution < 1.29 is 9.59 Å². The molecule has 0 bridgehead atoms. The molecule has 1 fully saturated rings. The SMILES string of the molecule is CCCCCC(=O)N(C)[C@@H]1CCc2ccc(C(=O)N(C)C3CCN(c4cc(C)nc(C)n4)CC3)cc21. The molecular weight excluding hydrogens is 450 g/mol. The maximum absolute atomic E-state index is 13.5. The number of carbonyl (C=O) groups excluding carboxylic acids is 2. The molecular formula is C29H41N5O2. The van der Waals surface area contributed by atoms with Crippen LogP contribution in [-0.4, -0.2) is 64.8 Å². The van der Waals surface area contributed by atoms with Gasteiger partial charge in [-0.1, -0.05) is 25.8 Å². The van der Waals surface area contributed by atoms with Crippen LogP contribution in [0.4, 0.5) is 5.82 Å². The number of aryl methyl sites for hydroxylation is 3. The third-order valence-corrected chi connectivity index (χ3v) is 7.90. The van der Waals surface area contributed by atoms with Crippen molar-refractivity contribution in [3.63, 3.8) is 0 Å². The van der Waals surface area contributed by atoms with Crippen LogP contribution in [0.3, 0.4) is 0 Å². The molecule has 7 nitrogen and oxygen atoms in total. The number of piperidine rings is 1. The van der Waals surface area contributed by atoms with Gasteiger partial charge in [0.05, 0.1) is 6.04 Å². The number of anilines is 1. The largest absolute Gasteiger partial charge is 0.356 e. The Bertz CT molecular complexity index is 1070. The van der Waals surface area contributed by atoms with Gasteiger partial charge in [0.1, 0.15) is 11.6 Å². The predicted octanol–water partition coefficient (Wildman–Crippen LogP) is 4.86. The van der Waals surface area contributed by atoms with Crippen molar-refractivity contribution in [1.82, 2.24) is 19.8 Å². The summed E-state index contributed by atoms with van der Waals surface area (Å²) >= 11 is 0. The third-order valence-electron chi connectivity index (χ3n) is 7.90. The van der Waals surface area contributed by atoms with E-state index in [1.165, 1.54) is 5.56 Å². The highest BCUT2D eigenvalue weighted by molar-refractivity contribution is 5.94. The van der Waals surface area contributed by atoms with E-state index in [0.29, 0.717) is 6.42 Å². The Morgan fingerprint density at radius 3 is 2.44 bits per heavy atom. The van der Waals surface area contributed by atoms with Crippen molar-refractivity contribution in [2.45, 2.75) is 84.2 Å². The minimum Gasteiger partial charge on any atom is -0.356 e. The lowest BCUT2D eigenvalue weighted by Gasteiger charge is -2.37. The molecule has 0 N–H and O–H groups in total. The van der Waals surface area contributed by atoms with Gasteiger partial charge in [-0.15, -0.1) is 0 Å². The predicted molar refractivity (Wildman–Crippen MR) is 143 cm³/mol. The van der Waals surface area contributed by atoms with Crippen LogP contribution in [0.1, 0.15) is 90.9 Å². The average Bonchev–Trinajstić information content (AvgIpc) is 3.30. The number of amides is 2. The van der Waals surface area contributed by atoms with Gasteiger partial charge in [-0.2, -0.15) is 0 Å². The normalized spacial score (nSPS) is 17.7. The van der Waals surface area contributed by atoms with Crippen LogP contribution in [0, 0.1) is 13.8 Å². The summed E-state index contributed by atoms with van der Waals surface area (Å²) in [6.45, 7) is 7.82. The fourth-order valence-corrected chi connectivity index (χ4v) is 5.70. The van der Waals surface area contributed by atoms with Crippen LogP contribution in [0.25, 0.3) is 0 Å². The van der Waals surface area contributed by atoms with Gasteiger partial charge in [-0.3, -0.25) is 9.59 Å². The summed E-state index contributed by atoms with van der Waals surface area (Å²) < 4.78 is 0. The monoisotopic (exact) mass is 491 g/mol. The molecule has 1 aromatic heterocycles. The van der Waals surface area contributed by atoms with E-state index in [0.717, 1.165) is 86.5 Å². The molecule has 36 heavy (non-hydrogen) atoms. The van der Waals surface area contributed by atoms with Gasteiger partial charge in [0.25, 0.3) is 5.91 Å². The van der Waals surface area contributed by atoms with Crippen molar-refractivity contribution in [3.05, 3.63) is 52.5 Å². The molecule has 1 aliphatic carbocycles. The minimum absolute atomic E-state index is 0.0625. The van der Waals surface area contributed by atoms with Crippen molar-refractivity contribution in [2.24, 2.45) is 0 Å². The highest BCUT2D eigenvalue weighted by Crippen LogP contribution is 2.36. The molecule has 0 unspecified atom stereocenters. The topological polar surface area (TPSA) is 69.6 Å². The van der Waals surface area contributed by atoms with Gasteiger partial charge >= 0.3 is 0 Å². The number of benzene rings is 1. The number of fused-ring (bicyclic) bond motifs is 1. The third kappa shape index (κ3) is 5.71. The lowest BCUT2D eigenvalue weighted by Crippen LogP contribution is -2.46. The number of unbranched alkanes of at least 4 members (excludes halogenated alkanes) is 2. The smallest absolute Gasteiger partial charge is 0.253 e. The second-order valence-corrected chi connectivity index (χ2v) is 10.5. The molecule has 2 amide bonds. The molecule has 1 atom stereocenters. The summed E-state index contributed by atoms with van der Waals surface area (Å²) in [6.07, 6.45) is 7.45. The Hall–Kier alpha value is -2.96. The van der Waals surface area contributed by atoms with Crippen molar-refractivity contribution in [1.29, 1.82) is 0 Å². The second kappa shape index (κ2) is 11.4. The summed E-state index contributed by atoms with van der Waals surface area (Å²) in [5.41, 5.74) is 4.11. The number of hydrogen-bond donors (Lipinski definition) is 0. The first-order valence-corrected chi connectivity index (χ1v) is 13.5. The van der Waals surface area contributed by atoms with E-state index in [1.54, 1.807) is 0 Å². The van der Waals surface area contributed by atoms with Crippen LogP contribution in [-0.2, 0) is 11.2 Å². The van der Waals surface area contributed by atoms with E-state index >= 15 is 0 Å². The Labute approximate surface area is 215 Å². The zero-order valence-corrected chi connectivity index (χ0v) is 22.6. The zero-order valence-electron chi connectivity index (χ0n) is 22.6. The molecule has 4 rings (SSSR count). The Morgan fingerprint density at radius 1 is 1.00 bits per heavy atom. The van der Waals surface area contributed by atoms with E-state index < -0.39 is 0 Å². The fourth-order valence-electron chi connectivity index (χ4n) is 5.70. The highest BCUT2D eigenvalue weighted by Gasteiger charge is 2.31. The molecule has 2 heterocycles. The quantitative estimate of drug-likeness (QED) is 0.493. The zero-order chi connectivity index (χ0) is 25.8. The maximum atomic E-state index is 13.5. The first kappa shape index (κ1) is 26.1. The minimum atomic E-state index is 0.0625. The van der Waals surface area contributed by atoms with Crippen LogP contribution >= 0.6 is 0 Å². The molecule has 0 radical (unpaired) electrons. The van der Waals surface area contributed by atoms with E-state index in [-0.39, 0.29) is 23.9 Å². The summed E-state index contributed by atoms with van der Waals surface area (Å²) in [5.74, 6) is 2.04. The van der Waals surface area contributed by atoms with Crippen molar-refractivity contribution >= 4 is 17.6 Å². The lowest BCUT2D eigenvalue weighted by atomic mass is 10.00. The van der Waals surface area contributed by atoms with E-state index in [4.69, 9.17) is 0 Å². The number of aromatic nitrogens is 2. The Kier molecular flexibility index (Phi) is 8.27. The number of hydrogen-bond acceptors (Lipinski definition) is 5. The van der Waals surface area contributed by atoms with Gasteiger partial charge in [-0.25, -0.2) is 9.97 Å². The maximum Gasteiger partial charge on any atom is 0.253 e. The van der Waals surface area contributed by atoms with Crippen LogP contribution in [0.5, 0.6) is 0 Å². The van der Waals surface area contributed by atoms with E-state index in [1.807, 2.05) is 55.9 Å². The molecule has 2 aromatic rings.